The van der Waals surface area contributed by atoms with Gasteiger partial charge in [-0.25, -0.2) is 22.4 Å². The van der Waals surface area contributed by atoms with Crippen molar-refractivity contribution in [1.29, 1.82) is 0 Å². The fraction of sp³-hybridized carbons (Fsp3) is 0.300. The summed E-state index contributed by atoms with van der Waals surface area (Å²) < 4.78 is 58.1. The van der Waals surface area contributed by atoms with Crippen LogP contribution in [0.2, 0.25) is 0 Å². The van der Waals surface area contributed by atoms with Gasteiger partial charge in [-0.2, -0.15) is 0 Å². The van der Waals surface area contributed by atoms with E-state index >= 15 is 0 Å². The Labute approximate surface area is 157 Å². The summed E-state index contributed by atoms with van der Waals surface area (Å²) in [5.41, 5.74) is 1.17. The van der Waals surface area contributed by atoms with Gasteiger partial charge in [0, 0.05) is 48.3 Å². The van der Waals surface area contributed by atoms with Crippen molar-refractivity contribution in [2.45, 2.75) is 30.9 Å². The summed E-state index contributed by atoms with van der Waals surface area (Å²) in [5, 5.41) is 2.59. The van der Waals surface area contributed by atoms with Gasteiger partial charge in [-0.15, -0.1) is 0 Å². The normalized spacial score (nSPS) is 23.2. The first-order valence-electron chi connectivity index (χ1n) is 8.56. The van der Waals surface area contributed by atoms with Crippen molar-refractivity contribution in [1.82, 2.24) is 10.3 Å². The van der Waals surface area contributed by atoms with E-state index in [1.165, 1.54) is 12.4 Å². The van der Waals surface area contributed by atoms with Crippen LogP contribution in [0.25, 0.3) is 0 Å². The topological polar surface area (TPSA) is 51.2 Å². The van der Waals surface area contributed by atoms with Crippen molar-refractivity contribution in [3.8, 4) is 11.8 Å². The number of nitrogens with zero attached hydrogens (tertiary/aromatic N) is 1. The fourth-order valence-corrected chi connectivity index (χ4v) is 3.32. The Kier molecular flexibility index (Phi) is 4.46. The SMILES string of the molecule is O=C1N[C@H](c2cncc(C#CC3CC(F)(F)C3)c2)[C@@H](c2cc(F)cc(F)c2)O1. The number of cyclic esters (lactones) is 1. The second-order valence-electron chi connectivity index (χ2n) is 6.89. The minimum atomic E-state index is -2.64. The van der Waals surface area contributed by atoms with Crippen LogP contribution in [0.15, 0.2) is 36.7 Å². The van der Waals surface area contributed by atoms with Crippen molar-refractivity contribution >= 4 is 6.09 Å². The van der Waals surface area contributed by atoms with Gasteiger partial charge in [-0.1, -0.05) is 11.8 Å². The van der Waals surface area contributed by atoms with Gasteiger partial charge in [0.2, 0.25) is 0 Å². The van der Waals surface area contributed by atoms with Crippen LogP contribution in [0.5, 0.6) is 0 Å². The largest absolute Gasteiger partial charge is 0.439 e. The van der Waals surface area contributed by atoms with Gasteiger partial charge in [0.05, 0.1) is 0 Å². The first kappa shape index (κ1) is 18.3. The monoisotopic (exact) mass is 390 g/mol. The predicted octanol–water partition coefficient (Wildman–Crippen LogP) is 4.28. The summed E-state index contributed by atoms with van der Waals surface area (Å²) in [6.45, 7) is 0. The molecule has 1 amide bonds. The van der Waals surface area contributed by atoms with Gasteiger partial charge in [0.25, 0.3) is 5.92 Å². The molecular weight excluding hydrogens is 376 g/mol. The third-order valence-corrected chi connectivity index (χ3v) is 4.65. The molecule has 28 heavy (non-hydrogen) atoms. The predicted molar refractivity (Wildman–Crippen MR) is 90.2 cm³/mol. The van der Waals surface area contributed by atoms with Crippen LogP contribution in [0.3, 0.4) is 0 Å². The molecule has 2 aromatic rings. The number of halogens is 4. The van der Waals surface area contributed by atoms with Crippen LogP contribution in [0.1, 0.15) is 41.7 Å². The molecule has 0 radical (unpaired) electrons. The van der Waals surface area contributed by atoms with Gasteiger partial charge >= 0.3 is 6.09 Å². The molecule has 0 spiro atoms. The molecule has 1 aromatic heterocycles. The van der Waals surface area contributed by atoms with E-state index in [1.807, 2.05) is 0 Å². The molecular formula is C20H14F4N2O2. The number of amides is 1. The Balaban J connectivity index is 1.59. The minimum absolute atomic E-state index is 0.161. The van der Waals surface area contributed by atoms with E-state index in [1.54, 1.807) is 6.07 Å². The first-order valence-corrected chi connectivity index (χ1v) is 8.56. The minimum Gasteiger partial charge on any atom is -0.439 e. The number of nitrogens with one attached hydrogen (secondary N) is 1. The van der Waals surface area contributed by atoms with Gasteiger partial charge in [0.15, 0.2) is 6.10 Å². The molecule has 0 bridgehead atoms. The molecule has 1 aromatic carbocycles. The third kappa shape index (κ3) is 3.79. The summed E-state index contributed by atoms with van der Waals surface area (Å²) in [6, 6.07) is 3.82. The highest BCUT2D eigenvalue weighted by molar-refractivity contribution is 5.71. The number of alkyl carbamates (subject to hydrolysis) is 1. The molecule has 2 aliphatic rings. The zero-order valence-electron chi connectivity index (χ0n) is 14.4. The smallest absolute Gasteiger partial charge is 0.408 e. The van der Waals surface area contributed by atoms with E-state index in [9.17, 15) is 22.4 Å². The summed E-state index contributed by atoms with van der Waals surface area (Å²) in [5.74, 6) is 1.02. The standard InChI is InChI=1S/C20H14F4N2O2/c21-15-4-13(5-16(22)6-15)18-17(26-19(27)28-18)14-3-11(9-25-10-14)1-2-12-7-20(23,24)8-12/h3-6,9-10,12,17-18H,7-8H2,(H,26,27)/t17-,18-/m1/s1. The van der Waals surface area contributed by atoms with E-state index in [4.69, 9.17) is 4.74 Å². The van der Waals surface area contributed by atoms with Crippen LogP contribution in [-0.2, 0) is 4.74 Å². The summed E-state index contributed by atoms with van der Waals surface area (Å²) >= 11 is 0. The Morgan fingerprint density at radius 1 is 1.07 bits per heavy atom. The van der Waals surface area contributed by atoms with Gasteiger partial charge in [-0.3, -0.25) is 4.98 Å². The van der Waals surface area contributed by atoms with Crippen LogP contribution < -0.4 is 5.32 Å². The zero-order chi connectivity index (χ0) is 19.9. The summed E-state index contributed by atoms with van der Waals surface area (Å²) in [7, 11) is 0. The molecule has 0 unspecified atom stereocenters. The number of benzene rings is 1. The zero-order valence-corrected chi connectivity index (χ0v) is 14.4. The molecule has 4 nitrogen and oxygen atoms in total. The number of carbonyl (C=O) groups excluding carboxylic acids is 1. The number of carbonyl (C=O) groups is 1. The second kappa shape index (κ2) is 6.82. The maximum atomic E-state index is 13.6. The average Bonchev–Trinajstić information content (AvgIpc) is 2.99. The molecule has 1 N–H and O–H groups in total. The number of pyridine rings is 1. The molecule has 2 fully saturated rings. The lowest BCUT2D eigenvalue weighted by molar-refractivity contribution is -0.0936. The third-order valence-electron chi connectivity index (χ3n) is 4.65. The molecule has 1 saturated carbocycles. The molecule has 144 valence electrons. The molecule has 1 aliphatic heterocycles. The summed E-state index contributed by atoms with van der Waals surface area (Å²) in [6.07, 6.45) is 0.757. The number of aromatic nitrogens is 1. The summed E-state index contributed by atoms with van der Waals surface area (Å²) in [4.78, 5) is 15.8. The highest BCUT2D eigenvalue weighted by atomic mass is 19.3. The second-order valence-corrected chi connectivity index (χ2v) is 6.89. The van der Waals surface area contributed by atoms with E-state index in [0.29, 0.717) is 11.1 Å². The molecule has 1 saturated heterocycles. The number of alkyl halides is 2. The lowest BCUT2D eigenvalue weighted by Crippen LogP contribution is -2.34. The Morgan fingerprint density at radius 3 is 2.46 bits per heavy atom. The highest BCUT2D eigenvalue weighted by Gasteiger charge is 2.44. The Hall–Kier alpha value is -3.08. The lowest BCUT2D eigenvalue weighted by Gasteiger charge is -2.31. The molecule has 2 heterocycles. The first-order chi connectivity index (χ1) is 13.3. The number of ether oxygens (including phenoxy) is 1. The van der Waals surface area contributed by atoms with Gasteiger partial charge in [-0.05, 0) is 23.8 Å². The number of rotatable bonds is 2. The van der Waals surface area contributed by atoms with Gasteiger partial charge < -0.3 is 10.1 Å². The highest BCUT2D eigenvalue weighted by Crippen LogP contribution is 2.42. The van der Waals surface area contributed by atoms with Crippen LogP contribution in [-0.4, -0.2) is 17.0 Å². The Morgan fingerprint density at radius 2 is 1.79 bits per heavy atom. The molecule has 8 heteroatoms. The maximum absolute atomic E-state index is 13.6. The van der Waals surface area contributed by atoms with E-state index in [-0.39, 0.29) is 24.3 Å². The average molecular weight is 390 g/mol. The Bertz CT molecular complexity index is 971. The number of hydrogen-bond donors (Lipinski definition) is 1. The molecule has 1 aliphatic carbocycles. The van der Waals surface area contributed by atoms with Crippen LogP contribution >= 0.6 is 0 Å². The van der Waals surface area contributed by atoms with Crippen molar-refractivity contribution in [3.05, 3.63) is 65.0 Å². The number of hydrogen-bond acceptors (Lipinski definition) is 3. The maximum Gasteiger partial charge on any atom is 0.408 e. The van der Waals surface area contributed by atoms with E-state index < -0.39 is 35.8 Å². The van der Waals surface area contributed by atoms with Crippen molar-refractivity contribution in [2.75, 3.05) is 0 Å². The molecule has 4 rings (SSSR count). The van der Waals surface area contributed by atoms with Crippen LogP contribution in [0.4, 0.5) is 22.4 Å². The van der Waals surface area contributed by atoms with Crippen LogP contribution in [0, 0.1) is 29.4 Å². The van der Waals surface area contributed by atoms with Crippen molar-refractivity contribution in [2.24, 2.45) is 5.92 Å². The van der Waals surface area contributed by atoms with Gasteiger partial charge in [0.1, 0.15) is 17.7 Å². The molecule has 2 atom stereocenters. The van der Waals surface area contributed by atoms with Crippen molar-refractivity contribution in [3.63, 3.8) is 0 Å². The quantitative estimate of drug-likeness (QED) is 0.615. The fourth-order valence-electron chi connectivity index (χ4n) is 3.32. The van der Waals surface area contributed by atoms with E-state index in [0.717, 1.165) is 18.2 Å². The van der Waals surface area contributed by atoms with E-state index in [2.05, 4.69) is 22.1 Å². The lowest BCUT2D eigenvalue weighted by atomic mass is 9.82. The van der Waals surface area contributed by atoms with Crippen molar-refractivity contribution < 1.29 is 27.1 Å².